The van der Waals surface area contributed by atoms with Gasteiger partial charge < -0.3 is 4.90 Å². The van der Waals surface area contributed by atoms with Crippen LogP contribution in [0.1, 0.15) is 5.48 Å². The third-order valence-corrected chi connectivity index (χ3v) is 9.75. The summed E-state index contributed by atoms with van der Waals surface area (Å²) in [5.74, 6) is 0. The number of nitrogens with zero attached hydrogens (tertiary/aromatic N) is 1. The maximum Gasteiger partial charge on any atom is 0.0645 e. The summed E-state index contributed by atoms with van der Waals surface area (Å²) in [4.78, 5) is 1.88. The van der Waals surface area contributed by atoms with Crippen molar-refractivity contribution in [2.75, 3.05) is 4.90 Å². The second-order valence-electron chi connectivity index (χ2n) is 13.0. The first-order chi connectivity index (χ1) is 28.0. The van der Waals surface area contributed by atoms with Crippen LogP contribution in [0.15, 0.2) is 224 Å². The number of anilines is 3. The minimum absolute atomic E-state index is 0.0970. The Bertz CT molecular complexity index is 2850. The molecule has 0 radical (unpaired) electrons. The van der Waals surface area contributed by atoms with Gasteiger partial charge in [0.25, 0.3) is 0 Å². The van der Waals surface area contributed by atoms with Gasteiger partial charge in [-0.15, -0.1) is 0 Å². The lowest BCUT2D eigenvalue weighted by atomic mass is 9.95. The highest BCUT2D eigenvalue weighted by Crippen LogP contribution is 2.42. The summed E-state index contributed by atoms with van der Waals surface area (Å²) in [6.07, 6.45) is 0. The minimum Gasteiger partial charge on any atom is -0.310 e. The van der Waals surface area contributed by atoms with Crippen molar-refractivity contribution in [1.82, 2.24) is 0 Å². The number of fused-ring (bicyclic) bond motifs is 1. The summed E-state index contributed by atoms with van der Waals surface area (Å²) in [5, 5.41) is 2.40. The molecule has 0 saturated heterocycles. The standard InChI is InChI=1S/C52H37N/c1-3-14-38(15-4-1)43-20-11-21-44(36-43)39-28-32-47(33-29-39)53(52-27-10-9-25-51(52)42-16-5-2-6-17-42)48-34-30-40(31-35-48)45-22-12-23-46(37-45)50-26-13-19-41-18-7-8-24-49(41)50/h1-37H/i28D,29D,32D,33D. The van der Waals surface area contributed by atoms with E-state index in [0.29, 0.717) is 11.3 Å². The molecule has 1 nitrogen and oxygen atoms in total. The molecule has 0 aliphatic heterocycles. The fraction of sp³-hybridized carbons (Fsp3) is 0. The molecule has 0 amide bonds. The zero-order valence-corrected chi connectivity index (χ0v) is 29.0. The van der Waals surface area contributed by atoms with Crippen molar-refractivity contribution in [3.05, 3.63) is 224 Å². The molecule has 0 heterocycles. The highest BCUT2D eigenvalue weighted by atomic mass is 15.1. The van der Waals surface area contributed by atoms with Gasteiger partial charge in [-0.3, -0.25) is 0 Å². The lowest BCUT2D eigenvalue weighted by Gasteiger charge is -2.28. The largest absolute Gasteiger partial charge is 0.310 e. The molecule has 0 atom stereocenters. The van der Waals surface area contributed by atoms with Gasteiger partial charge in [-0.25, -0.2) is 0 Å². The molecule has 0 aliphatic rings. The van der Waals surface area contributed by atoms with E-state index in [-0.39, 0.29) is 35.4 Å². The third kappa shape index (κ3) is 6.53. The van der Waals surface area contributed by atoms with E-state index < -0.39 is 0 Å². The molecule has 9 rings (SSSR count). The topological polar surface area (TPSA) is 3.24 Å². The minimum atomic E-state index is -0.120. The second kappa shape index (κ2) is 14.3. The van der Waals surface area contributed by atoms with Gasteiger partial charge in [0.05, 0.1) is 11.2 Å². The fourth-order valence-electron chi connectivity index (χ4n) is 7.11. The Morgan fingerprint density at radius 2 is 0.792 bits per heavy atom. The number of benzene rings is 9. The fourth-order valence-corrected chi connectivity index (χ4v) is 7.11. The molecule has 53 heavy (non-hydrogen) atoms. The summed E-state index contributed by atoms with van der Waals surface area (Å²) >= 11 is 0. The molecule has 9 aromatic carbocycles. The van der Waals surface area contributed by atoms with E-state index in [2.05, 4.69) is 78.9 Å². The van der Waals surface area contributed by atoms with Crippen LogP contribution >= 0.6 is 0 Å². The van der Waals surface area contributed by atoms with Crippen LogP contribution in [-0.2, 0) is 0 Å². The number of para-hydroxylation sites is 1. The first-order valence-electron chi connectivity index (χ1n) is 19.9. The first-order valence-corrected chi connectivity index (χ1v) is 17.9. The molecule has 0 aliphatic carbocycles. The third-order valence-electron chi connectivity index (χ3n) is 9.75. The summed E-state index contributed by atoms with van der Waals surface area (Å²) < 4.78 is 37.9. The van der Waals surface area contributed by atoms with Gasteiger partial charge in [0.2, 0.25) is 0 Å². The maximum absolute atomic E-state index is 9.55. The van der Waals surface area contributed by atoms with Crippen LogP contribution in [-0.4, -0.2) is 0 Å². The van der Waals surface area contributed by atoms with E-state index in [9.17, 15) is 5.48 Å². The average molecular weight is 680 g/mol. The zero-order valence-electron chi connectivity index (χ0n) is 33.0. The number of rotatable bonds is 8. The van der Waals surface area contributed by atoms with Crippen molar-refractivity contribution in [2.45, 2.75) is 0 Å². The summed E-state index contributed by atoms with van der Waals surface area (Å²) in [6.45, 7) is 0. The van der Waals surface area contributed by atoms with Gasteiger partial charge in [0.15, 0.2) is 0 Å². The summed E-state index contributed by atoms with van der Waals surface area (Å²) in [5.41, 5.74) is 10.8. The van der Waals surface area contributed by atoms with Crippen LogP contribution in [0.5, 0.6) is 0 Å². The molecule has 0 fully saturated rings. The lowest BCUT2D eigenvalue weighted by Crippen LogP contribution is -2.11. The SMILES string of the molecule is [2H]c1c([2H])c(N(c2ccc(-c3cccc(-c4cccc5ccccc45)c3)cc2)c2ccccc2-c2ccccc2)c([2H])c([2H])c1-c1cccc(-c2ccccc2)c1. The van der Waals surface area contributed by atoms with E-state index in [0.717, 1.165) is 44.6 Å². The highest BCUT2D eigenvalue weighted by Gasteiger charge is 2.18. The van der Waals surface area contributed by atoms with Crippen LogP contribution in [0.25, 0.3) is 66.4 Å². The van der Waals surface area contributed by atoms with Crippen LogP contribution in [0.2, 0.25) is 0 Å². The Balaban J connectivity index is 1.18. The van der Waals surface area contributed by atoms with Crippen LogP contribution in [0.4, 0.5) is 17.1 Å². The van der Waals surface area contributed by atoms with Crippen LogP contribution < -0.4 is 4.90 Å². The number of hydrogen-bond acceptors (Lipinski definition) is 1. The van der Waals surface area contributed by atoms with E-state index in [1.807, 2.05) is 126 Å². The summed E-state index contributed by atoms with van der Waals surface area (Å²) in [7, 11) is 0. The van der Waals surface area contributed by atoms with Crippen molar-refractivity contribution >= 4 is 27.8 Å². The smallest absolute Gasteiger partial charge is 0.0645 e. The molecule has 250 valence electrons. The average Bonchev–Trinajstić information content (AvgIpc) is 3.28. The van der Waals surface area contributed by atoms with Crippen molar-refractivity contribution in [2.24, 2.45) is 0 Å². The predicted molar refractivity (Wildman–Crippen MR) is 226 cm³/mol. The Labute approximate surface area is 317 Å². The maximum atomic E-state index is 9.55. The van der Waals surface area contributed by atoms with Gasteiger partial charge in [0.1, 0.15) is 0 Å². The molecule has 0 spiro atoms. The van der Waals surface area contributed by atoms with E-state index in [4.69, 9.17) is 0 Å². The van der Waals surface area contributed by atoms with Gasteiger partial charge >= 0.3 is 0 Å². The lowest BCUT2D eigenvalue weighted by molar-refractivity contribution is 1.28. The molecule has 9 aromatic rings. The molecule has 0 saturated carbocycles. The van der Waals surface area contributed by atoms with Crippen molar-refractivity contribution in [3.8, 4) is 55.6 Å². The van der Waals surface area contributed by atoms with Crippen molar-refractivity contribution in [3.63, 3.8) is 0 Å². The van der Waals surface area contributed by atoms with E-state index >= 15 is 0 Å². The summed E-state index contributed by atoms with van der Waals surface area (Å²) in [6, 6.07) is 66.7. The Kier molecular flexibility index (Phi) is 7.50. The van der Waals surface area contributed by atoms with E-state index in [1.165, 1.54) is 16.3 Å². The van der Waals surface area contributed by atoms with Crippen LogP contribution in [0, 0.1) is 0 Å². The van der Waals surface area contributed by atoms with Crippen LogP contribution in [0.3, 0.4) is 0 Å². The van der Waals surface area contributed by atoms with Gasteiger partial charge in [-0.1, -0.05) is 182 Å². The molecule has 0 unspecified atom stereocenters. The molecule has 0 bridgehead atoms. The van der Waals surface area contributed by atoms with Gasteiger partial charge in [-0.05, 0) is 103 Å². The molecule has 0 N–H and O–H groups in total. The molecular formula is C52H37N. The Morgan fingerprint density at radius 1 is 0.302 bits per heavy atom. The normalized spacial score (nSPS) is 12.1. The van der Waals surface area contributed by atoms with E-state index in [1.54, 1.807) is 0 Å². The molecular weight excluding hydrogens is 639 g/mol. The van der Waals surface area contributed by atoms with Gasteiger partial charge in [-0.2, -0.15) is 0 Å². The molecule has 0 aromatic heterocycles. The Hall–Kier alpha value is -6.96. The predicted octanol–water partition coefficient (Wildman–Crippen LogP) is 14.6. The molecule has 1 heteroatoms. The second-order valence-corrected chi connectivity index (χ2v) is 13.0. The van der Waals surface area contributed by atoms with Gasteiger partial charge in [0, 0.05) is 16.9 Å². The highest BCUT2D eigenvalue weighted by molar-refractivity contribution is 5.97. The first kappa shape index (κ1) is 27.7. The quantitative estimate of drug-likeness (QED) is 0.154. The Morgan fingerprint density at radius 3 is 1.53 bits per heavy atom. The zero-order chi connectivity index (χ0) is 38.9. The monoisotopic (exact) mass is 679 g/mol. The van der Waals surface area contributed by atoms with Crippen molar-refractivity contribution in [1.29, 1.82) is 0 Å². The van der Waals surface area contributed by atoms with Crippen molar-refractivity contribution < 1.29 is 5.48 Å². The number of hydrogen-bond donors (Lipinski definition) is 0.